The minimum atomic E-state index is -0.589. The number of rotatable bonds is 5. The molecule has 1 aliphatic rings. The maximum Gasteiger partial charge on any atom is 0.317 e. The Morgan fingerprint density at radius 1 is 1.16 bits per heavy atom. The number of halogens is 1. The van der Waals surface area contributed by atoms with E-state index in [0.717, 1.165) is 17.3 Å². The molecule has 0 amide bonds. The van der Waals surface area contributed by atoms with Crippen LogP contribution in [0.2, 0.25) is 0 Å². The van der Waals surface area contributed by atoms with Gasteiger partial charge >= 0.3 is 6.01 Å². The van der Waals surface area contributed by atoms with E-state index in [9.17, 15) is 5.11 Å². The summed E-state index contributed by atoms with van der Waals surface area (Å²) in [6, 6.07) is 10.6. The number of phenolic OH excluding ortho intramolecular Hbond substituents is 1. The van der Waals surface area contributed by atoms with E-state index in [4.69, 9.17) is 4.74 Å². The van der Waals surface area contributed by atoms with Gasteiger partial charge in [-0.2, -0.15) is 9.97 Å². The van der Waals surface area contributed by atoms with Gasteiger partial charge < -0.3 is 15.2 Å². The smallest absolute Gasteiger partial charge is 0.317 e. The lowest BCUT2D eigenvalue weighted by molar-refractivity contribution is 0.378. The highest BCUT2D eigenvalue weighted by molar-refractivity contribution is 5.98. The van der Waals surface area contributed by atoms with Gasteiger partial charge in [-0.25, -0.2) is 4.39 Å². The predicted molar refractivity (Wildman–Crippen MR) is 121 cm³/mol. The van der Waals surface area contributed by atoms with E-state index in [1.165, 1.54) is 13.2 Å². The number of pyridine rings is 1. The van der Waals surface area contributed by atoms with E-state index in [-0.39, 0.29) is 35.1 Å². The fraction of sp³-hybridized carbons (Fsp3) is 0.208. The van der Waals surface area contributed by atoms with Crippen molar-refractivity contribution >= 4 is 21.7 Å². The molecule has 32 heavy (non-hydrogen) atoms. The van der Waals surface area contributed by atoms with E-state index < -0.39 is 5.82 Å². The average Bonchev–Trinajstić information content (AvgIpc) is 3.27. The Morgan fingerprint density at radius 2 is 2.00 bits per heavy atom. The second-order valence-corrected chi connectivity index (χ2v) is 7.69. The van der Waals surface area contributed by atoms with Crippen molar-refractivity contribution in [2.24, 2.45) is 0 Å². The van der Waals surface area contributed by atoms with E-state index in [1.54, 1.807) is 12.3 Å². The Kier molecular flexibility index (Phi) is 5.16. The fourth-order valence-corrected chi connectivity index (χ4v) is 4.17. The summed E-state index contributed by atoms with van der Waals surface area (Å²) in [5.74, 6) is -0.550. The summed E-state index contributed by atoms with van der Waals surface area (Å²) in [5.41, 5.74) is 1.32. The molecular weight excluding hydrogens is 409 g/mol. The summed E-state index contributed by atoms with van der Waals surface area (Å²) in [4.78, 5) is 13.2. The number of hydrogen-bond donors (Lipinski definition) is 3. The minimum Gasteiger partial charge on any atom is -0.508 e. The van der Waals surface area contributed by atoms with Crippen LogP contribution in [0.1, 0.15) is 11.7 Å². The van der Waals surface area contributed by atoms with Gasteiger partial charge in [0.1, 0.15) is 17.0 Å². The predicted octanol–water partition coefficient (Wildman–Crippen LogP) is 3.49. The number of methoxy groups -OCH3 is 1. The Balaban J connectivity index is 1.69. The maximum atomic E-state index is 15.9. The van der Waals surface area contributed by atoms with E-state index in [2.05, 4.69) is 31.7 Å². The minimum absolute atomic E-state index is 0.0387. The monoisotopic (exact) mass is 431 g/mol. The Bertz CT molecular complexity index is 1360. The standard InChI is InChI=1S/C24H22FN5O2/c1-26-11-14-7-8-19(28-14)21-18-12-27-22(20(25)23(18)30-24(29-21)32-2)17-10-15(31)9-13-5-3-4-6-16(13)17/h3-10,12,14,19,26,28,31H,11H2,1-2H3. The van der Waals surface area contributed by atoms with E-state index >= 15 is 4.39 Å². The largest absolute Gasteiger partial charge is 0.508 e. The van der Waals surface area contributed by atoms with Gasteiger partial charge in [0.2, 0.25) is 0 Å². The number of ether oxygens (including phenoxy) is 1. The van der Waals surface area contributed by atoms with Crippen molar-refractivity contribution in [3.63, 3.8) is 0 Å². The topological polar surface area (TPSA) is 92.2 Å². The summed E-state index contributed by atoms with van der Waals surface area (Å²) in [5, 5.41) is 18.9. The third-order valence-electron chi connectivity index (χ3n) is 5.63. The molecule has 2 atom stereocenters. The summed E-state index contributed by atoms with van der Waals surface area (Å²) in [6.07, 6.45) is 5.64. The van der Waals surface area contributed by atoms with Gasteiger partial charge in [-0.15, -0.1) is 0 Å². The number of likely N-dealkylation sites (N-methyl/N-ethyl adjacent to an activating group) is 1. The van der Waals surface area contributed by atoms with Crippen LogP contribution < -0.4 is 15.4 Å². The molecule has 1 aliphatic heterocycles. The normalized spacial score (nSPS) is 18.0. The number of fused-ring (bicyclic) bond motifs is 2. The summed E-state index contributed by atoms with van der Waals surface area (Å²) >= 11 is 0. The molecule has 0 radical (unpaired) electrons. The fourth-order valence-electron chi connectivity index (χ4n) is 4.17. The highest BCUT2D eigenvalue weighted by Gasteiger charge is 2.25. The van der Waals surface area contributed by atoms with Crippen LogP contribution in [0.3, 0.4) is 0 Å². The van der Waals surface area contributed by atoms with Crippen LogP contribution in [0.5, 0.6) is 11.8 Å². The summed E-state index contributed by atoms with van der Waals surface area (Å²) in [6.45, 7) is 0.758. The number of nitrogens with one attached hydrogen (secondary N) is 2. The molecule has 2 aromatic carbocycles. The summed E-state index contributed by atoms with van der Waals surface area (Å²) < 4.78 is 21.1. The molecule has 2 unspecified atom stereocenters. The van der Waals surface area contributed by atoms with Gasteiger partial charge in [-0.3, -0.25) is 10.3 Å². The van der Waals surface area contributed by atoms with Gasteiger partial charge in [0.05, 0.1) is 18.8 Å². The average molecular weight is 431 g/mol. The van der Waals surface area contributed by atoms with E-state index in [1.807, 2.05) is 37.4 Å². The van der Waals surface area contributed by atoms with Gasteiger partial charge in [0.25, 0.3) is 0 Å². The molecule has 7 nitrogen and oxygen atoms in total. The first-order chi connectivity index (χ1) is 15.6. The first-order valence-electron chi connectivity index (χ1n) is 10.3. The highest BCUT2D eigenvalue weighted by Crippen LogP contribution is 2.36. The number of phenols is 1. The van der Waals surface area contributed by atoms with Gasteiger partial charge in [0, 0.05) is 29.7 Å². The molecule has 3 N–H and O–H groups in total. The number of hydrogen-bond acceptors (Lipinski definition) is 7. The number of aromatic hydroxyl groups is 1. The summed E-state index contributed by atoms with van der Waals surface area (Å²) in [7, 11) is 3.34. The van der Waals surface area contributed by atoms with Crippen molar-refractivity contribution in [1.82, 2.24) is 25.6 Å². The number of nitrogens with zero attached hydrogens (tertiary/aromatic N) is 3. The van der Waals surface area contributed by atoms with Crippen molar-refractivity contribution in [1.29, 1.82) is 0 Å². The first-order valence-corrected chi connectivity index (χ1v) is 10.3. The lowest BCUT2D eigenvalue weighted by atomic mass is 10.00. The molecule has 0 saturated carbocycles. The lowest BCUT2D eigenvalue weighted by Crippen LogP contribution is -2.34. The second kappa shape index (κ2) is 8.14. The maximum absolute atomic E-state index is 15.9. The molecule has 5 rings (SSSR count). The highest BCUT2D eigenvalue weighted by atomic mass is 19.1. The SMILES string of the molecule is CNCC1C=CC(c2nc(OC)nc3c(F)c(-c4cc(O)cc5ccccc45)ncc23)N1. The van der Waals surface area contributed by atoms with Crippen molar-refractivity contribution in [2.45, 2.75) is 12.1 Å². The molecule has 0 spiro atoms. The van der Waals surface area contributed by atoms with Gasteiger partial charge in [0.15, 0.2) is 5.82 Å². The third kappa shape index (κ3) is 3.43. The molecule has 0 saturated heterocycles. The lowest BCUT2D eigenvalue weighted by Gasteiger charge is -2.17. The second-order valence-electron chi connectivity index (χ2n) is 7.69. The zero-order chi connectivity index (χ0) is 22.2. The first kappa shape index (κ1) is 20.3. The molecule has 0 bridgehead atoms. The Labute approximate surface area is 184 Å². The quantitative estimate of drug-likeness (QED) is 0.417. The third-order valence-corrected chi connectivity index (χ3v) is 5.63. The van der Waals surface area contributed by atoms with Crippen LogP contribution in [0.4, 0.5) is 4.39 Å². The van der Waals surface area contributed by atoms with Crippen LogP contribution in [-0.4, -0.2) is 46.8 Å². The Morgan fingerprint density at radius 3 is 2.81 bits per heavy atom. The van der Waals surface area contributed by atoms with Gasteiger partial charge in [-0.1, -0.05) is 36.4 Å². The van der Waals surface area contributed by atoms with Crippen molar-refractivity contribution in [2.75, 3.05) is 20.7 Å². The molecule has 3 heterocycles. The van der Waals surface area contributed by atoms with Crippen LogP contribution in [0.15, 0.2) is 54.7 Å². The zero-order valence-electron chi connectivity index (χ0n) is 17.6. The van der Waals surface area contributed by atoms with Crippen LogP contribution in [0.25, 0.3) is 32.9 Å². The number of benzene rings is 2. The number of aromatic nitrogens is 3. The Hall–Kier alpha value is -3.62. The van der Waals surface area contributed by atoms with Crippen molar-refractivity contribution in [3.05, 3.63) is 66.3 Å². The molecule has 8 heteroatoms. The zero-order valence-corrected chi connectivity index (χ0v) is 17.6. The molecule has 162 valence electrons. The molecule has 0 fully saturated rings. The van der Waals surface area contributed by atoms with Gasteiger partial charge in [-0.05, 0) is 30.0 Å². The van der Waals surface area contributed by atoms with E-state index in [0.29, 0.717) is 16.6 Å². The van der Waals surface area contributed by atoms with Crippen molar-refractivity contribution < 1.29 is 14.2 Å². The molecule has 2 aromatic heterocycles. The molecular formula is C24H22FN5O2. The van der Waals surface area contributed by atoms with Crippen molar-refractivity contribution in [3.8, 4) is 23.0 Å². The van der Waals surface area contributed by atoms with Crippen LogP contribution >= 0.6 is 0 Å². The molecule has 4 aromatic rings. The molecule has 0 aliphatic carbocycles. The van der Waals surface area contributed by atoms with Crippen LogP contribution in [-0.2, 0) is 0 Å². The van der Waals surface area contributed by atoms with Crippen LogP contribution in [0, 0.1) is 5.82 Å².